The van der Waals surface area contributed by atoms with E-state index in [4.69, 9.17) is 9.72 Å². The highest BCUT2D eigenvalue weighted by atomic mass is 32.1. The average molecular weight is 397 g/mol. The minimum Gasteiger partial charge on any atom is -0.370 e. The van der Waals surface area contributed by atoms with Crippen molar-refractivity contribution in [1.82, 2.24) is 9.55 Å². The molecule has 3 heterocycles. The van der Waals surface area contributed by atoms with Gasteiger partial charge >= 0.3 is 0 Å². The lowest BCUT2D eigenvalue weighted by atomic mass is 9.94. The molecule has 7 heteroatoms. The monoisotopic (exact) mass is 396 g/mol. The van der Waals surface area contributed by atoms with Gasteiger partial charge in [-0.3, -0.25) is 4.79 Å². The summed E-state index contributed by atoms with van der Waals surface area (Å²) in [5.41, 5.74) is 5.42. The molecule has 3 aromatic rings. The standard InChI is InChI=1S/C21H24N4O2S/c1-5-13(2)23-24-20-22-18-17(15-11-21(3,4)27-12-16(15)28-18)19(26)25(20)14-9-7-6-8-10-14/h6-10H,5,11-12H2,1-4H3,(H,22,24)/b23-13-. The lowest BCUT2D eigenvalue weighted by molar-refractivity contribution is -0.0379. The van der Waals surface area contributed by atoms with E-state index in [1.165, 1.54) is 11.3 Å². The SMILES string of the molecule is CC/C(C)=N\Nc1nc2sc3c(c2c(=O)n1-c1ccccc1)CC(C)(C)OC3. The fraction of sp³-hybridized carbons (Fsp3) is 0.381. The Balaban J connectivity index is 1.97. The van der Waals surface area contributed by atoms with E-state index in [0.717, 1.165) is 33.1 Å². The molecule has 0 unspecified atom stereocenters. The van der Waals surface area contributed by atoms with Crippen molar-refractivity contribution in [3.8, 4) is 5.69 Å². The molecule has 2 aromatic heterocycles. The number of hydrogen-bond acceptors (Lipinski definition) is 6. The summed E-state index contributed by atoms with van der Waals surface area (Å²) in [6, 6.07) is 9.57. The highest BCUT2D eigenvalue weighted by Crippen LogP contribution is 2.37. The zero-order valence-electron chi connectivity index (χ0n) is 16.6. The number of nitrogens with one attached hydrogen (secondary N) is 1. The number of aromatic nitrogens is 2. The molecule has 0 saturated heterocycles. The van der Waals surface area contributed by atoms with E-state index < -0.39 is 0 Å². The van der Waals surface area contributed by atoms with E-state index in [-0.39, 0.29) is 11.2 Å². The van der Waals surface area contributed by atoms with Crippen molar-refractivity contribution in [2.24, 2.45) is 5.10 Å². The molecule has 0 atom stereocenters. The molecule has 0 radical (unpaired) electrons. The molecule has 0 fully saturated rings. The number of anilines is 1. The first-order valence-corrected chi connectivity index (χ1v) is 10.3. The number of hydrazone groups is 1. The first kappa shape index (κ1) is 18.8. The van der Waals surface area contributed by atoms with Gasteiger partial charge in [-0.15, -0.1) is 11.3 Å². The van der Waals surface area contributed by atoms with E-state index in [0.29, 0.717) is 24.4 Å². The Morgan fingerprint density at radius 3 is 2.82 bits per heavy atom. The molecule has 146 valence electrons. The van der Waals surface area contributed by atoms with Crippen molar-refractivity contribution in [3.63, 3.8) is 0 Å². The third kappa shape index (κ3) is 3.36. The summed E-state index contributed by atoms with van der Waals surface area (Å²) in [6.45, 7) is 8.61. The summed E-state index contributed by atoms with van der Waals surface area (Å²) in [4.78, 5) is 20.2. The maximum Gasteiger partial charge on any atom is 0.268 e. The summed E-state index contributed by atoms with van der Waals surface area (Å²) in [7, 11) is 0. The molecule has 0 amide bonds. The molecule has 1 aromatic carbocycles. The van der Waals surface area contributed by atoms with Crippen LogP contribution in [0.15, 0.2) is 40.2 Å². The second-order valence-electron chi connectivity index (χ2n) is 7.63. The second kappa shape index (κ2) is 7.14. The molecular weight excluding hydrogens is 372 g/mol. The van der Waals surface area contributed by atoms with Gasteiger partial charge in [-0.05, 0) is 44.9 Å². The van der Waals surface area contributed by atoms with Crippen molar-refractivity contribution in [3.05, 3.63) is 51.1 Å². The quantitative estimate of drug-likeness (QED) is 0.521. The molecule has 0 saturated carbocycles. The molecule has 6 nitrogen and oxygen atoms in total. The average Bonchev–Trinajstić information content (AvgIpc) is 3.03. The fourth-order valence-corrected chi connectivity index (χ4v) is 4.40. The number of nitrogens with zero attached hydrogens (tertiary/aromatic N) is 3. The molecule has 28 heavy (non-hydrogen) atoms. The highest BCUT2D eigenvalue weighted by Gasteiger charge is 2.31. The lowest BCUT2D eigenvalue weighted by Crippen LogP contribution is -2.32. The Morgan fingerprint density at radius 2 is 2.11 bits per heavy atom. The Labute approximate surface area is 167 Å². The number of fused-ring (bicyclic) bond motifs is 3. The van der Waals surface area contributed by atoms with E-state index in [1.54, 1.807) is 4.57 Å². The predicted octanol–water partition coefficient (Wildman–Crippen LogP) is 4.50. The Hall–Kier alpha value is -2.51. The van der Waals surface area contributed by atoms with Crippen LogP contribution in [0.4, 0.5) is 5.95 Å². The molecule has 1 aliphatic heterocycles. The first-order valence-electron chi connectivity index (χ1n) is 9.45. The first-order chi connectivity index (χ1) is 13.4. The van der Waals surface area contributed by atoms with Crippen LogP contribution >= 0.6 is 11.3 Å². The summed E-state index contributed by atoms with van der Waals surface area (Å²) >= 11 is 1.53. The molecule has 4 rings (SSSR count). The predicted molar refractivity (Wildman–Crippen MR) is 115 cm³/mol. The number of thiophene rings is 1. The molecule has 0 spiro atoms. The molecule has 0 bridgehead atoms. The smallest absolute Gasteiger partial charge is 0.268 e. The van der Waals surface area contributed by atoms with E-state index >= 15 is 0 Å². The number of para-hydroxylation sites is 1. The van der Waals surface area contributed by atoms with E-state index in [9.17, 15) is 4.79 Å². The lowest BCUT2D eigenvalue weighted by Gasteiger charge is -2.29. The Morgan fingerprint density at radius 1 is 1.36 bits per heavy atom. The van der Waals surface area contributed by atoms with Crippen LogP contribution in [0.3, 0.4) is 0 Å². The zero-order valence-corrected chi connectivity index (χ0v) is 17.4. The minimum absolute atomic E-state index is 0.0711. The third-order valence-electron chi connectivity index (χ3n) is 4.98. The van der Waals surface area contributed by atoms with Crippen LogP contribution in [-0.2, 0) is 17.8 Å². The van der Waals surface area contributed by atoms with Crippen LogP contribution in [0.25, 0.3) is 15.9 Å². The van der Waals surface area contributed by atoms with Gasteiger partial charge in [0.2, 0.25) is 5.95 Å². The number of hydrogen-bond donors (Lipinski definition) is 1. The van der Waals surface area contributed by atoms with Crippen molar-refractivity contribution >= 4 is 33.2 Å². The van der Waals surface area contributed by atoms with Crippen LogP contribution < -0.4 is 11.0 Å². The van der Waals surface area contributed by atoms with Gasteiger partial charge in [-0.2, -0.15) is 5.10 Å². The largest absolute Gasteiger partial charge is 0.370 e. The van der Waals surface area contributed by atoms with Gasteiger partial charge in [-0.1, -0.05) is 25.1 Å². The molecule has 1 aliphatic rings. The fourth-order valence-electron chi connectivity index (χ4n) is 3.31. The maximum absolute atomic E-state index is 13.6. The number of ether oxygens (including phenoxy) is 1. The summed E-state index contributed by atoms with van der Waals surface area (Å²) in [5.74, 6) is 0.426. The number of rotatable bonds is 4. The van der Waals surface area contributed by atoms with E-state index in [2.05, 4.69) is 24.4 Å². The van der Waals surface area contributed by atoms with Gasteiger partial charge in [-0.25, -0.2) is 15.0 Å². The van der Waals surface area contributed by atoms with Crippen LogP contribution in [0.2, 0.25) is 0 Å². The van der Waals surface area contributed by atoms with Gasteiger partial charge in [0, 0.05) is 17.0 Å². The maximum atomic E-state index is 13.6. The Kier molecular flexibility index (Phi) is 4.81. The van der Waals surface area contributed by atoms with Crippen LogP contribution in [0.5, 0.6) is 0 Å². The van der Waals surface area contributed by atoms with Gasteiger partial charge in [0.15, 0.2) is 0 Å². The normalized spacial score (nSPS) is 16.2. The van der Waals surface area contributed by atoms with Crippen molar-refractivity contribution < 1.29 is 4.74 Å². The highest BCUT2D eigenvalue weighted by molar-refractivity contribution is 7.18. The zero-order chi connectivity index (χ0) is 19.9. The van der Waals surface area contributed by atoms with Crippen LogP contribution in [0, 0.1) is 0 Å². The van der Waals surface area contributed by atoms with Gasteiger partial charge in [0.1, 0.15) is 4.83 Å². The summed E-state index contributed by atoms with van der Waals surface area (Å²) in [6.07, 6.45) is 1.53. The van der Waals surface area contributed by atoms with Gasteiger partial charge in [0.05, 0.1) is 23.3 Å². The molecule has 1 N–H and O–H groups in total. The van der Waals surface area contributed by atoms with Crippen molar-refractivity contribution in [1.29, 1.82) is 0 Å². The van der Waals surface area contributed by atoms with E-state index in [1.807, 2.05) is 44.2 Å². The molecule has 0 aliphatic carbocycles. The molecular formula is C21H24N4O2S. The topological polar surface area (TPSA) is 68.5 Å². The van der Waals surface area contributed by atoms with Gasteiger partial charge < -0.3 is 4.74 Å². The third-order valence-corrected chi connectivity index (χ3v) is 6.08. The van der Waals surface area contributed by atoms with Crippen molar-refractivity contribution in [2.45, 2.75) is 52.7 Å². The summed E-state index contributed by atoms with van der Waals surface area (Å²) < 4.78 is 7.55. The minimum atomic E-state index is -0.287. The van der Waals surface area contributed by atoms with Crippen LogP contribution in [0.1, 0.15) is 44.6 Å². The second-order valence-corrected chi connectivity index (χ2v) is 8.72. The Bertz CT molecular complexity index is 1110. The van der Waals surface area contributed by atoms with Crippen molar-refractivity contribution in [2.75, 3.05) is 5.43 Å². The van der Waals surface area contributed by atoms with Gasteiger partial charge in [0.25, 0.3) is 5.56 Å². The van der Waals surface area contributed by atoms with Crippen LogP contribution in [-0.4, -0.2) is 20.9 Å². The number of benzene rings is 1. The summed E-state index contributed by atoms with van der Waals surface area (Å²) in [5, 5.41) is 5.07.